The zero-order valence-electron chi connectivity index (χ0n) is 8.61. The van der Waals surface area contributed by atoms with E-state index in [0.29, 0.717) is 0 Å². The lowest BCUT2D eigenvalue weighted by Crippen LogP contribution is -2.17. The molecule has 0 aromatic heterocycles. The first-order chi connectivity index (χ1) is 8.49. The molecule has 0 spiro atoms. The summed E-state index contributed by atoms with van der Waals surface area (Å²) < 4.78 is 75.5. The van der Waals surface area contributed by atoms with E-state index < -0.39 is 23.5 Å². The summed E-state index contributed by atoms with van der Waals surface area (Å²) in [4.78, 5) is 3.04. The number of benzene rings is 1. The Balaban J connectivity index is 3.02. The van der Waals surface area contributed by atoms with Gasteiger partial charge in [0.2, 0.25) is 5.17 Å². The van der Waals surface area contributed by atoms with Crippen molar-refractivity contribution in [1.82, 2.24) is 0 Å². The number of hydrogen-bond acceptors (Lipinski definition) is 2. The lowest BCUT2D eigenvalue weighted by atomic mass is 10.3. The Kier molecular flexibility index (Phi) is 4.72. The number of hydrogen-bond donors (Lipinski definition) is 0. The molecule has 1 aromatic rings. The van der Waals surface area contributed by atoms with Crippen LogP contribution in [0.25, 0.3) is 0 Å². The second kappa shape index (κ2) is 5.58. The summed E-state index contributed by atoms with van der Waals surface area (Å²) in [5.74, 6) is -0.596. The Morgan fingerprint density at radius 3 is 2.16 bits per heavy atom. The lowest BCUT2D eigenvalue weighted by Gasteiger charge is -2.10. The largest absolute Gasteiger partial charge is 0.573 e. The highest BCUT2D eigenvalue weighted by Gasteiger charge is 2.35. The lowest BCUT2D eigenvalue weighted by molar-refractivity contribution is -0.274. The van der Waals surface area contributed by atoms with Crippen LogP contribution in [-0.2, 0) is 0 Å². The molecule has 0 aliphatic rings. The van der Waals surface area contributed by atoms with Crippen LogP contribution in [0.15, 0.2) is 27.7 Å². The van der Waals surface area contributed by atoms with Crippen molar-refractivity contribution >= 4 is 38.4 Å². The molecule has 0 unspecified atom stereocenters. The maximum Gasteiger partial charge on any atom is 0.573 e. The van der Waals surface area contributed by atoms with Gasteiger partial charge in [0.1, 0.15) is 5.75 Å². The van der Waals surface area contributed by atoms with Crippen LogP contribution in [0.3, 0.4) is 0 Å². The second-order valence-corrected chi connectivity index (χ2v) is 4.27. The van der Waals surface area contributed by atoms with Gasteiger partial charge < -0.3 is 4.74 Å². The molecule has 0 aliphatic carbocycles. The van der Waals surface area contributed by atoms with E-state index >= 15 is 0 Å². The van der Waals surface area contributed by atoms with Gasteiger partial charge in [0, 0.05) is 4.47 Å². The number of aliphatic imine (C=N–C) groups is 1. The average Bonchev–Trinajstić information content (AvgIpc) is 2.18. The fourth-order valence-corrected chi connectivity index (χ4v) is 1.48. The minimum absolute atomic E-state index is 0.128. The fraction of sp³-hybridized carbons (Fsp3) is 0.222. The van der Waals surface area contributed by atoms with Crippen molar-refractivity contribution in [2.75, 3.05) is 0 Å². The summed E-state index contributed by atoms with van der Waals surface area (Å²) in [5, 5.41) is -1.64. The Morgan fingerprint density at radius 2 is 1.74 bits per heavy atom. The Bertz CT molecular complexity index is 498. The second-order valence-electron chi connectivity index (χ2n) is 3.06. The molecular formula is C9H3BrClF6NO. The smallest absolute Gasteiger partial charge is 0.406 e. The van der Waals surface area contributed by atoms with Crippen LogP contribution in [0.1, 0.15) is 0 Å². The predicted octanol–water partition coefficient (Wildman–Crippen LogP) is 5.18. The van der Waals surface area contributed by atoms with Crippen LogP contribution < -0.4 is 4.74 Å². The molecule has 1 aromatic carbocycles. The summed E-state index contributed by atoms with van der Waals surface area (Å²) in [5.41, 5.74) is -0.281. The molecular weight excluding hydrogens is 367 g/mol. The van der Waals surface area contributed by atoms with Crippen LogP contribution >= 0.6 is 27.5 Å². The number of halogens is 8. The molecule has 0 amide bonds. The van der Waals surface area contributed by atoms with E-state index in [0.717, 1.165) is 18.2 Å². The van der Waals surface area contributed by atoms with Crippen molar-refractivity contribution in [2.24, 2.45) is 4.99 Å². The van der Waals surface area contributed by atoms with Crippen LogP contribution in [0.4, 0.5) is 32.0 Å². The van der Waals surface area contributed by atoms with Gasteiger partial charge in [-0.3, -0.25) is 0 Å². The molecule has 2 nitrogen and oxygen atoms in total. The van der Waals surface area contributed by atoms with Gasteiger partial charge >= 0.3 is 12.5 Å². The Labute approximate surface area is 116 Å². The number of alkyl halides is 6. The minimum Gasteiger partial charge on any atom is -0.406 e. The van der Waals surface area contributed by atoms with Gasteiger partial charge in [-0.1, -0.05) is 11.6 Å². The molecule has 0 N–H and O–H groups in total. The average molecular weight is 370 g/mol. The van der Waals surface area contributed by atoms with E-state index in [1.165, 1.54) is 0 Å². The van der Waals surface area contributed by atoms with Crippen molar-refractivity contribution in [2.45, 2.75) is 12.5 Å². The third-order valence-corrected chi connectivity index (χ3v) is 2.54. The van der Waals surface area contributed by atoms with Gasteiger partial charge in [-0.15, -0.1) is 13.2 Å². The van der Waals surface area contributed by atoms with Gasteiger partial charge in [-0.05, 0) is 34.1 Å². The molecule has 0 radical (unpaired) electrons. The van der Waals surface area contributed by atoms with E-state index in [2.05, 4.69) is 25.7 Å². The molecule has 0 saturated heterocycles. The molecule has 0 saturated carbocycles. The Hall–Kier alpha value is -0.960. The molecule has 0 bridgehead atoms. The highest BCUT2D eigenvalue weighted by Crippen LogP contribution is 2.33. The van der Waals surface area contributed by atoms with Gasteiger partial charge in [0.15, 0.2) is 0 Å². The quantitative estimate of drug-likeness (QED) is 0.519. The Morgan fingerprint density at radius 1 is 1.16 bits per heavy atom. The van der Waals surface area contributed by atoms with Crippen molar-refractivity contribution in [3.8, 4) is 5.75 Å². The molecule has 10 heteroatoms. The zero-order valence-corrected chi connectivity index (χ0v) is 11.0. The first-order valence-corrected chi connectivity index (χ1v) is 5.53. The van der Waals surface area contributed by atoms with Gasteiger partial charge in [0.25, 0.3) is 0 Å². The fourth-order valence-electron chi connectivity index (χ4n) is 0.945. The molecule has 0 atom stereocenters. The highest BCUT2D eigenvalue weighted by molar-refractivity contribution is 9.10. The monoisotopic (exact) mass is 369 g/mol. The maximum absolute atomic E-state index is 12.1. The van der Waals surface area contributed by atoms with E-state index in [9.17, 15) is 26.3 Å². The SMILES string of the molecule is FC(F)(F)Oc1ccc(N=C(Cl)C(F)(F)F)c(Br)c1. The summed E-state index contributed by atoms with van der Waals surface area (Å²) in [6.45, 7) is 0. The van der Waals surface area contributed by atoms with Crippen LogP contribution in [0, 0.1) is 0 Å². The van der Waals surface area contributed by atoms with Crippen LogP contribution in [-0.4, -0.2) is 17.7 Å². The number of rotatable bonds is 2. The van der Waals surface area contributed by atoms with E-state index in [1.807, 2.05) is 0 Å². The van der Waals surface area contributed by atoms with E-state index in [4.69, 9.17) is 11.6 Å². The van der Waals surface area contributed by atoms with Crippen molar-refractivity contribution < 1.29 is 31.1 Å². The third kappa shape index (κ3) is 5.27. The van der Waals surface area contributed by atoms with Gasteiger partial charge in [-0.25, -0.2) is 4.99 Å². The third-order valence-electron chi connectivity index (χ3n) is 1.61. The topological polar surface area (TPSA) is 21.6 Å². The van der Waals surface area contributed by atoms with Crippen LogP contribution in [0.2, 0.25) is 0 Å². The van der Waals surface area contributed by atoms with E-state index in [1.54, 1.807) is 0 Å². The van der Waals surface area contributed by atoms with Crippen molar-refractivity contribution in [3.63, 3.8) is 0 Å². The zero-order chi connectivity index (χ0) is 14.8. The summed E-state index contributed by atoms with van der Waals surface area (Å²) >= 11 is 7.67. The van der Waals surface area contributed by atoms with Crippen molar-refractivity contribution in [1.29, 1.82) is 0 Å². The number of nitrogens with zero attached hydrogens (tertiary/aromatic N) is 1. The van der Waals surface area contributed by atoms with E-state index in [-0.39, 0.29) is 10.2 Å². The number of ether oxygens (including phenoxy) is 1. The predicted molar refractivity (Wildman–Crippen MR) is 59.8 cm³/mol. The summed E-state index contributed by atoms with van der Waals surface area (Å²) in [7, 11) is 0. The normalized spacial score (nSPS) is 13.6. The first kappa shape index (κ1) is 16.1. The molecule has 0 aliphatic heterocycles. The maximum atomic E-state index is 12.1. The highest BCUT2D eigenvalue weighted by atomic mass is 79.9. The molecule has 19 heavy (non-hydrogen) atoms. The molecule has 0 heterocycles. The summed E-state index contributed by atoms with van der Waals surface area (Å²) in [6, 6.07) is 2.55. The minimum atomic E-state index is -4.90. The first-order valence-electron chi connectivity index (χ1n) is 4.36. The van der Waals surface area contributed by atoms with Crippen LogP contribution in [0.5, 0.6) is 5.75 Å². The van der Waals surface area contributed by atoms with Gasteiger partial charge in [-0.2, -0.15) is 13.2 Å². The van der Waals surface area contributed by atoms with Crippen molar-refractivity contribution in [3.05, 3.63) is 22.7 Å². The van der Waals surface area contributed by atoms with Gasteiger partial charge in [0.05, 0.1) is 5.69 Å². The molecule has 1 rings (SSSR count). The molecule has 106 valence electrons. The standard InChI is InChI=1S/C9H3BrClF6NO/c10-5-3-4(19-9(15,16)17)1-2-6(5)18-7(11)8(12,13)14/h1-3H. The summed E-state index contributed by atoms with van der Waals surface area (Å²) in [6.07, 6.45) is -9.73. The molecule has 0 fully saturated rings.